The number of hydrogen-bond acceptors (Lipinski definition) is 2. The number of rotatable bonds is 3. The zero-order valence-corrected chi connectivity index (χ0v) is 5.02. The summed E-state index contributed by atoms with van der Waals surface area (Å²) < 4.78 is 11.5. The summed E-state index contributed by atoms with van der Waals surface area (Å²) in [5, 5.41) is 8.43. The van der Waals surface area contributed by atoms with E-state index in [1.165, 1.54) is 0 Å². The lowest BCUT2D eigenvalue weighted by atomic mass is 10.0. The van der Waals surface area contributed by atoms with Crippen LogP contribution in [0.25, 0.3) is 0 Å². The first kappa shape index (κ1) is 7.85. The minimum atomic E-state index is -0.727. The SMILES string of the molecule is C[C@@](N)(CO)CCF. The average Bonchev–Trinajstić information content (AvgIpc) is 1.67. The lowest BCUT2D eigenvalue weighted by Crippen LogP contribution is -2.40. The highest BCUT2D eigenvalue weighted by Gasteiger charge is 2.15. The number of aliphatic hydroxyl groups is 1. The summed E-state index contributed by atoms with van der Waals surface area (Å²) in [7, 11) is 0. The quantitative estimate of drug-likeness (QED) is 0.554. The molecule has 8 heavy (non-hydrogen) atoms. The third kappa shape index (κ3) is 2.93. The highest BCUT2D eigenvalue weighted by molar-refractivity contribution is 4.75. The van der Waals surface area contributed by atoms with E-state index in [9.17, 15) is 4.39 Å². The van der Waals surface area contributed by atoms with Gasteiger partial charge in [-0.1, -0.05) is 0 Å². The summed E-state index contributed by atoms with van der Waals surface area (Å²) in [5.74, 6) is 0. The van der Waals surface area contributed by atoms with Crippen LogP contribution in [-0.2, 0) is 0 Å². The number of hydrogen-bond donors (Lipinski definition) is 2. The van der Waals surface area contributed by atoms with E-state index >= 15 is 0 Å². The Hall–Kier alpha value is -0.150. The van der Waals surface area contributed by atoms with Crippen LogP contribution in [0.4, 0.5) is 4.39 Å². The van der Waals surface area contributed by atoms with Crippen LogP contribution in [0.2, 0.25) is 0 Å². The lowest BCUT2D eigenvalue weighted by molar-refractivity contribution is 0.190. The number of aliphatic hydroxyl groups excluding tert-OH is 1. The van der Waals surface area contributed by atoms with E-state index in [0.29, 0.717) is 0 Å². The molecule has 0 aliphatic carbocycles. The van der Waals surface area contributed by atoms with Gasteiger partial charge in [-0.25, -0.2) is 0 Å². The molecule has 0 aliphatic heterocycles. The average molecular weight is 121 g/mol. The molecule has 0 amide bonds. The minimum Gasteiger partial charge on any atom is -0.394 e. The topological polar surface area (TPSA) is 46.2 Å². The normalized spacial score (nSPS) is 18.0. The fourth-order valence-corrected chi connectivity index (χ4v) is 0.295. The van der Waals surface area contributed by atoms with Gasteiger partial charge < -0.3 is 10.8 Å². The molecule has 0 aliphatic rings. The Labute approximate surface area is 48.5 Å². The van der Waals surface area contributed by atoms with Gasteiger partial charge in [0.15, 0.2) is 0 Å². The fraction of sp³-hybridized carbons (Fsp3) is 1.00. The van der Waals surface area contributed by atoms with E-state index < -0.39 is 12.2 Å². The first-order valence-electron chi connectivity index (χ1n) is 2.58. The summed E-state index contributed by atoms with van der Waals surface area (Å²) in [4.78, 5) is 0. The molecule has 0 heterocycles. The molecule has 0 aromatic carbocycles. The third-order valence-electron chi connectivity index (χ3n) is 1.03. The van der Waals surface area contributed by atoms with Crippen molar-refractivity contribution in [2.45, 2.75) is 18.9 Å². The van der Waals surface area contributed by atoms with E-state index in [4.69, 9.17) is 10.8 Å². The van der Waals surface area contributed by atoms with Crippen molar-refractivity contribution in [2.24, 2.45) is 5.73 Å². The second-order valence-corrected chi connectivity index (χ2v) is 2.25. The van der Waals surface area contributed by atoms with Gasteiger partial charge >= 0.3 is 0 Å². The molecule has 0 bridgehead atoms. The predicted molar refractivity (Wildman–Crippen MR) is 30.3 cm³/mol. The zero-order valence-electron chi connectivity index (χ0n) is 5.02. The Balaban J connectivity index is 3.37. The van der Waals surface area contributed by atoms with Crippen molar-refractivity contribution in [3.63, 3.8) is 0 Å². The predicted octanol–water partition coefficient (Wildman–Crippen LogP) is 0.0557. The molecule has 0 fully saturated rings. The third-order valence-corrected chi connectivity index (χ3v) is 1.03. The van der Waals surface area contributed by atoms with Crippen molar-refractivity contribution in [1.29, 1.82) is 0 Å². The Morgan fingerprint density at radius 2 is 2.25 bits per heavy atom. The van der Waals surface area contributed by atoms with Crippen molar-refractivity contribution in [3.05, 3.63) is 0 Å². The summed E-state index contributed by atoms with van der Waals surface area (Å²) in [5.41, 5.74) is 4.61. The first-order chi connectivity index (χ1) is 3.62. The number of alkyl halides is 1. The molecular formula is C5H12FNO. The molecule has 1 atom stereocenters. The van der Waals surface area contributed by atoms with E-state index in [0.717, 1.165) is 0 Å². The monoisotopic (exact) mass is 121 g/mol. The Morgan fingerprint density at radius 3 is 2.38 bits per heavy atom. The maximum absolute atomic E-state index is 11.5. The van der Waals surface area contributed by atoms with Crippen LogP contribution in [0, 0.1) is 0 Å². The maximum atomic E-state index is 11.5. The smallest absolute Gasteiger partial charge is 0.0912 e. The second kappa shape index (κ2) is 2.99. The lowest BCUT2D eigenvalue weighted by Gasteiger charge is -2.18. The van der Waals surface area contributed by atoms with E-state index in [-0.39, 0.29) is 13.0 Å². The summed E-state index contributed by atoms with van der Waals surface area (Å²) in [6, 6.07) is 0. The molecule has 3 heteroatoms. The van der Waals surface area contributed by atoms with Gasteiger partial charge in [0.1, 0.15) is 0 Å². The highest BCUT2D eigenvalue weighted by atomic mass is 19.1. The van der Waals surface area contributed by atoms with Crippen LogP contribution in [0.15, 0.2) is 0 Å². The fourth-order valence-electron chi connectivity index (χ4n) is 0.295. The number of halogens is 1. The van der Waals surface area contributed by atoms with Crippen LogP contribution < -0.4 is 5.73 Å². The molecule has 0 spiro atoms. The Bertz CT molecular complexity index is 65.4. The maximum Gasteiger partial charge on any atom is 0.0912 e. The van der Waals surface area contributed by atoms with Crippen LogP contribution in [0.3, 0.4) is 0 Å². The van der Waals surface area contributed by atoms with Gasteiger partial charge in [-0.15, -0.1) is 0 Å². The first-order valence-corrected chi connectivity index (χ1v) is 2.58. The van der Waals surface area contributed by atoms with E-state index in [1.54, 1.807) is 6.92 Å². The van der Waals surface area contributed by atoms with Crippen molar-refractivity contribution in [2.75, 3.05) is 13.3 Å². The van der Waals surface area contributed by atoms with Gasteiger partial charge in [-0.2, -0.15) is 0 Å². The van der Waals surface area contributed by atoms with Crippen LogP contribution in [0.1, 0.15) is 13.3 Å². The van der Waals surface area contributed by atoms with E-state index in [2.05, 4.69) is 0 Å². The Morgan fingerprint density at radius 1 is 1.75 bits per heavy atom. The molecule has 0 saturated heterocycles. The summed E-state index contributed by atoms with van der Waals surface area (Å²) in [6.45, 7) is 0.997. The molecular weight excluding hydrogens is 109 g/mol. The van der Waals surface area contributed by atoms with Gasteiger partial charge in [0.25, 0.3) is 0 Å². The van der Waals surface area contributed by atoms with Crippen molar-refractivity contribution >= 4 is 0 Å². The largest absolute Gasteiger partial charge is 0.394 e. The van der Waals surface area contributed by atoms with E-state index in [1.807, 2.05) is 0 Å². The Kier molecular flexibility index (Phi) is 2.94. The van der Waals surface area contributed by atoms with Gasteiger partial charge in [0.2, 0.25) is 0 Å². The highest BCUT2D eigenvalue weighted by Crippen LogP contribution is 2.02. The van der Waals surface area contributed by atoms with Gasteiger partial charge in [-0.05, 0) is 13.3 Å². The molecule has 0 radical (unpaired) electrons. The summed E-state index contributed by atoms with van der Waals surface area (Å²) in [6.07, 6.45) is 0.226. The van der Waals surface area contributed by atoms with Crippen LogP contribution in [-0.4, -0.2) is 23.9 Å². The zero-order chi connectivity index (χ0) is 6.62. The van der Waals surface area contributed by atoms with Crippen molar-refractivity contribution in [1.82, 2.24) is 0 Å². The van der Waals surface area contributed by atoms with Gasteiger partial charge in [-0.3, -0.25) is 4.39 Å². The molecule has 0 aromatic heterocycles. The molecule has 0 aromatic rings. The minimum absolute atomic E-state index is 0.156. The van der Waals surface area contributed by atoms with Crippen LogP contribution in [0.5, 0.6) is 0 Å². The van der Waals surface area contributed by atoms with Gasteiger partial charge in [0.05, 0.1) is 13.3 Å². The molecule has 3 N–H and O–H groups in total. The molecule has 0 rings (SSSR count). The number of nitrogens with two attached hydrogens (primary N) is 1. The van der Waals surface area contributed by atoms with Crippen molar-refractivity contribution < 1.29 is 9.50 Å². The standard InChI is InChI=1S/C5H12FNO/c1-5(7,4-8)2-3-6/h8H,2-4,7H2,1H3/t5-/m0/s1. The molecule has 0 saturated carbocycles. The van der Waals surface area contributed by atoms with Crippen molar-refractivity contribution in [3.8, 4) is 0 Å². The molecule has 2 nitrogen and oxygen atoms in total. The molecule has 50 valence electrons. The molecule has 0 unspecified atom stereocenters. The van der Waals surface area contributed by atoms with Gasteiger partial charge in [0, 0.05) is 5.54 Å². The van der Waals surface area contributed by atoms with Crippen LogP contribution >= 0.6 is 0 Å². The summed E-state index contributed by atoms with van der Waals surface area (Å²) >= 11 is 0. The second-order valence-electron chi connectivity index (χ2n) is 2.25.